The predicted octanol–water partition coefficient (Wildman–Crippen LogP) is 2.36. The summed E-state index contributed by atoms with van der Waals surface area (Å²) in [4.78, 5) is 11.5. The second-order valence-corrected chi connectivity index (χ2v) is 6.57. The average molecular weight is 374 g/mol. The molecule has 0 heterocycles. The maximum Gasteiger partial charge on any atom is 0.341 e. The van der Waals surface area contributed by atoms with E-state index in [2.05, 4.69) is 0 Å². The number of esters is 1. The van der Waals surface area contributed by atoms with Crippen LogP contribution in [-0.4, -0.2) is 27.6 Å². The van der Waals surface area contributed by atoms with E-state index in [0.29, 0.717) is 10.8 Å². The highest BCUT2D eigenvalue weighted by molar-refractivity contribution is 7.89. The number of rotatable bonds is 6. The van der Waals surface area contributed by atoms with Gasteiger partial charge in [0.2, 0.25) is 10.0 Å². The van der Waals surface area contributed by atoms with Crippen molar-refractivity contribution >= 4 is 27.6 Å². The smallest absolute Gasteiger partial charge is 0.341 e. The molecule has 0 saturated carbocycles. The monoisotopic (exact) mass is 373 g/mol. The molecule has 2 aromatic carbocycles. The minimum atomic E-state index is -4.06. The maximum atomic E-state index is 13.7. The van der Waals surface area contributed by atoms with Crippen molar-refractivity contribution in [2.24, 2.45) is 5.14 Å². The van der Waals surface area contributed by atoms with Gasteiger partial charge >= 0.3 is 5.97 Å². The van der Waals surface area contributed by atoms with Crippen molar-refractivity contribution in [3.8, 4) is 5.75 Å². The molecule has 9 heteroatoms. The number of sulfonamides is 1. The number of hydrogen-bond donors (Lipinski definition) is 1. The molecular weight excluding hydrogens is 361 g/mol. The van der Waals surface area contributed by atoms with E-state index in [4.69, 9.17) is 26.2 Å². The molecule has 0 unspecified atom stereocenters. The summed E-state index contributed by atoms with van der Waals surface area (Å²) < 4.78 is 46.3. The van der Waals surface area contributed by atoms with Crippen LogP contribution in [0, 0.1) is 5.82 Å². The van der Waals surface area contributed by atoms with Gasteiger partial charge in [0.15, 0.2) is 0 Å². The van der Waals surface area contributed by atoms with Gasteiger partial charge in [0, 0.05) is 0 Å². The van der Waals surface area contributed by atoms with Gasteiger partial charge in [-0.2, -0.15) is 0 Å². The molecule has 0 amide bonds. The molecule has 0 radical (unpaired) electrons. The van der Waals surface area contributed by atoms with E-state index in [1.807, 2.05) is 0 Å². The number of primary sulfonamides is 1. The molecule has 0 saturated heterocycles. The number of carbonyl (C=O) groups excluding carboxylic acids is 1. The molecule has 6 nitrogen and oxygen atoms in total. The number of hydrogen-bond acceptors (Lipinski definition) is 5. The molecule has 24 heavy (non-hydrogen) atoms. The van der Waals surface area contributed by atoms with Crippen molar-refractivity contribution < 1.29 is 27.1 Å². The summed E-state index contributed by atoms with van der Waals surface area (Å²) in [6.07, 6.45) is 0. The Morgan fingerprint density at radius 3 is 2.54 bits per heavy atom. The minimum absolute atomic E-state index is 0.00797. The van der Waals surface area contributed by atoms with Crippen LogP contribution in [0.1, 0.15) is 10.4 Å². The molecule has 0 fully saturated rings. The van der Waals surface area contributed by atoms with Gasteiger partial charge in [0.05, 0.1) is 15.5 Å². The Balaban J connectivity index is 1.97. The second-order valence-electron chi connectivity index (χ2n) is 4.60. The van der Waals surface area contributed by atoms with E-state index in [-0.39, 0.29) is 18.1 Å². The number of nitrogens with two attached hydrogens (primary N) is 1. The molecule has 0 aliphatic heterocycles. The lowest BCUT2D eigenvalue weighted by molar-refractivity contribution is 0.0445. The van der Waals surface area contributed by atoms with Crippen LogP contribution >= 0.6 is 11.6 Å². The summed E-state index contributed by atoms with van der Waals surface area (Å²) in [5, 5.41) is 5.34. The predicted molar refractivity (Wildman–Crippen MR) is 85.0 cm³/mol. The first kappa shape index (κ1) is 18.2. The lowest BCUT2D eigenvalue weighted by Crippen LogP contribution is -2.16. The molecule has 0 aliphatic rings. The van der Waals surface area contributed by atoms with Crippen LogP contribution in [0.2, 0.25) is 5.02 Å². The van der Waals surface area contributed by atoms with Crippen LogP contribution in [0.15, 0.2) is 47.4 Å². The summed E-state index contributed by atoms with van der Waals surface area (Å²) >= 11 is 5.89. The Kier molecular flexibility index (Phi) is 5.76. The molecular formula is C15H13ClFNO5S. The van der Waals surface area contributed by atoms with Crippen LogP contribution < -0.4 is 9.88 Å². The van der Waals surface area contributed by atoms with Crippen molar-refractivity contribution in [1.82, 2.24) is 0 Å². The van der Waals surface area contributed by atoms with E-state index in [1.165, 1.54) is 0 Å². The van der Waals surface area contributed by atoms with E-state index in [9.17, 15) is 17.6 Å². The Hall–Kier alpha value is -2.16. The van der Waals surface area contributed by atoms with Gasteiger partial charge in [-0.05, 0) is 30.3 Å². The topological polar surface area (TPSA) is 95.7 Å². The fourth-order valence-electron chi connectivity index (χ4n) is 1.76. The lowest BCUT2D eigenvalue weighted by atomic mass is 10.2. The highest BCUT2D eigenvalue weighted by atomic mass is 35.5. The molecule has 0 aromatic heterocycles. The third kappa shape index (κ3) is 4.67. The highest BCUT2D eigenvalue weighted by Crippen LogP contribution is 2.23. The van der Waals surface area contributed by atoms with E-state index >= 15 is 0 Å². The number of halogens is 2. The first-order valence-corrected chi connectivity index (χ1v) is 8.58. The zero-order valence-corrected chi connectivity index (χ0v) is 13.8. The third-order valence-corrected chi connectivity index (χ3v) is 4.12. The van der Waals surface area contributed by atoms with Crippen LogP contribution in [0.25, 0.3) is 0 Å². The third-order valence-electron chi connectivity index (χ3n) is 2.90. The zero-order chi connectivity index (χ0) is 17.7. The van der Waals surface area contributed by atoms with Crippen molar-refractivity contribution in [3.05, 3.63) is 58.9 Å². The van der Waals surface area contributed by atoms with Crippen molar-refractivity contribution in [3.63, 3.8) is 0 Å². The van der Waals surface area contributed by atoms with Crippen molar-refractivity contribution in [2.75, 3.05) is 13.2 Å². The number of ether oxygens (including phenoxy) is 2. The number of benzene rings is 2. The van der Waals surface area contributed by atoms with Gasteiger partial charge in [-0.15, -0.1) is 0 Å². The first-order valence-electron chi connectivity index (χ1n) is 6.66. The van der Waals surface area contributed by atoms with E-state index in [0.717, 1.165) is 18.2 Å². The van der Waals surface area contributed by atoms with Crippen LogP contribution in [-0.2, 0) is 14.8 Å². The molecule has 0 bridgehead atoms. The molecule has 128 valence electrons. The summed E-state index contributed by atoms with van der Waals surface area (Å²) in [6, 6.07) is 9.34. The number of carbonyl (C=O) groups is 1. The average Bonchev–Trinajstić information content (AvgIpc) is 2.52. The van der Waals surface area contributed by atoms with Crippen LogP contribution in [0.4, 0.5) is 4.39 Å². The lowest BCUT2D eigenvalue weighted by Gasteiger charge is -2.09. The van der Waals surface area contributed by atoms with Crippen LogP contribution in [0.3, 0.4) is 0 Å². The largest absolute Gasteiger partial charge is 0.488 e. The van der Waals surface area contributed by atoms with Gasteiger partial charge in [0.1, 0.15) is 24.8 Å². The van der Waals surface area contributed by atoms with Gasteiger partial charge in [-0.3, -0.25) is 0 Å². The van der Waals surface area contributed by atoms with E-state index in [1.54, 1.807) is 24.3 Å². The fourth-order valence-corrected chi connectivity index (χ4v) is 2.49. The second kappa shape index (κ2) is 7.61. The molecule has 2 rings (SSSR count). The summed E-state index contributed by atoms with van der Waals surface area (Å²) in [5.41, 5.74) is -0.528. The molecule has 2 N–H and O–H groups in total. The van der Waals surface area contributed by atoms with Gasteiger partial charge in [-0.25, -0.2) is 22.7 Å². The fraction of sp³-hybridized carbons (Fsp3) is 0.133. The molecule has 0 atom stereocenters. The zero-order valence-electron chi connectivity index (χ0n) is 12.2. The van der Waals surface area contributed by atoms with Gasteiger partial charge in [-0.1, -0.05) is 23.7 Å². The molecule has 0 spiro atoms. The van der Waals surface area contributed by atoms with Gasteiger partial charge < -0.3 is 9.47 Å². The summed E-state index contributed by atoms with van der Waals surface area (Å²) in [7, 11) is -4.06. The standard InChI is InChI=1S/C15H13ClFNO5S/c16-12-3-1-2-4-14(12)22-7-8-23-15(19)11-9-10(24(18,20)21)5-6-13(11)17/h1-6,9H,7-8H2,(H2,18,20,21). The van der Waals surface area contributed by atoms with Crippen molar-refractivity contribution in [2.45, 2.75) is 4.90 Å². The van der Waals surface area contributed by atoms with Crippen molar-refractivity contribution in [1.29, 1.82) is 0 Å². The Labute approximate surface area is 143 Å². The number of para-hydroxylation sites is 1. The quantitative estimate of drug-likeness (QED) is 0.619. The summed E-state index contributed by atoms with van der Waals surface area (Å²) in [5.74, 6) is -1.53. The minimum Gasteiger partial charge on any atom is -0.488 e. The maximum absolute atomic E-state index is 13.7. The highest BCUT2D eigenvalue weighted by Gasteiger charge is 2.18. The van der Waals surface area contributed by atoms with Gasteiger partial charge in [0.25, 0.3) is 0 Å². The normalized spacial score (nSPS) is 11.1. The Bertz CT molecular complexity index is 857. The first-order chi connectivity index (χ1) is 11.3. The van der Waals surface area contributed by atoms with Crippen LogP contribution in [0.5, 0.6) is 5.75 Å². The molecule has 2 aromatic rings. The Morgan fingerprint density at radius 1 is 1.17 bits per heavy atom. The summed E-state index contributed by atoms with van der Waals surface area (Å²) in [6.45, 7) is -0.185. The SMILES string of the molecule is NS(=O)(=O)c1ccc(F)c(C(=O)OCCOc2ccccc2Cl)c1. The molecule has 0 aliphatic carbocycles. The Morgan fingerprint density at radius 2 is 1.88 bits per heavy atom. The van der Waals surface area contributed by atoms with E-state index < -0.39 is 27.4 Å².